The molecule has 1 heterocycles. The predicted octanol–water partition coefficient (Wildman–Crippen LogP) is 3.17. The summed E-state index contributed by atoms with van der Waals surface area (Å²) in [5.41, 5.74) is 0. The molecule has 2 bridgehead atoms. The summed E-state index contributed by atoms with van der Waals surface area (Å²) in [6, 6.07) is 0. The van der Waals surface area contributed by atoms with E-state index < -0.39 is 36.7 Å². The third-order valence-corrected chi connectivity index (χ3v) is 6.05. The maximum atomic E-state index is 14.4. The van der Waals surface area contributed by atoms with E-state index in [4.69, 9.17) is 4.74 Å². The molecule has 2 saturated carbocycles. The Balaban J connectivity index is 1.89. The van der Waals surface area contributed by atoms with E-state index in [2.05, 4.69) is 4.74 Å². The number of ether oxygens (including phenoxy) is 2. The van der Waals surface area contributed by atoms with Gasteiger partial charge in [-0.3, -0.25) is 0 Å². The molecule has 0 aromatic rings. The van der Waals surface area contributed by atoms with Crippen LogP contribution in [0, 0.1) is 29.6 Å². The van der Waals surface area contributed by atoms with Crippen molar-refractivity contribution in [3.63, 3.8) is 0 Å². The fraction of sp³-hybridized carbons (Fsp3) is 1.00. The Kier molecular flexibility index (Phi) is 3.55. The number of hydrogen-bond acceptors (Lipinski definition) is 3. The first kappa shape index (κ1) is 16.4. The van der Waals surface area contributed by atoms with Crippen molar-refractivity contribution >= 4 is 0 Å². The molecule has 2 aliphatic carbocycles. The van der Waals surface area contributed by atoms with Crippen molar-refractivity contribution in [2.45, 2.75) is 50.7 Å². The molecule has 0 radical (unpaired) electrons. The second kappa shape index (κ2) is 4.77. The summed E-state index contributed by atoms with van der Waals surface area (Å²) in [7, 11) is 0. The first-order valence-electron chi connectivity index (χ1n) is 7.43. The standard InChI is InChI=1S/C14H19F5O3/c1-6-7(2)9-3-8(6)4-10(9)11-12(15,16)13(20,14(17,18)19)22-5-21-11/h6-11,20H,3-5H2,1-2H3. The maximum absolute atomic E-state index is 14.4. The van der Waals surface area contributed by atoms with Crippen LogP contribution < -0.4 is 0 Å². The molecular weight excluding hydrogens is 311 g/mol. The van der Waals surface area contributed by atoms with E-state index in [0.717, 1.165) is 6.42 Å². The van der Waals surface area contributed by atoms with E-state index in [9.17, 15) is 27.1 Å². The SMILES string of the molecule is CC1C2CC(C1C)C(C1OCOC(O)(C(F)(F)F)C1(F)F)C2. The molecular formula is C14H19F5O3. The zero-order valence-corrected chi connectivity index (χ0v) is 12.2. The smallest absolute Gasteiger partial charge is 0.354 e. The van der Waals surface area contributed by atoms with Crippen molar-refractivity contribution in [3.05, 3.63) is 0 Å². The molecule has 7 atom stereocenters. The molecule has 0 aromatic heterocycles. The van der Waals surface area contributed by atoms with E-state index >= 15 is 0 Å². The molecule has 0 amide bonds. The van der Waals surface area contributed by atoms with Gasteiger partial charge in [-0.2, -0.15) is 22.0 Å². The fourth-order valence-corrected chi connectivity index (χ4v) is 4.60. The predicted molar refractivity (Wildman–Crippen MR) is 64.8 cm³/mol. The van der Waals surface area contributed by atoms with Crippen LogP contribution in [0.4, 0.5) is 22.0 Å². The molecule has 1 N–H and O–H groups in total. The monoisotopic (exact) mass is 330 g/mol. The Hall–Kier alpha value is -0.470. The first-order chi connectivity index (χ1) is 10.0. The summed E-state index contributed by atoms with van der Waals surface area (Å²) >= 11 is 0. The van der Waals surface area contributed by atoms with E-state index in [0.29, 0.717) is 12.3 Å². The summed E-state index contributed by atoms with van der Waals surface area (Å²) in [5, 5.41) is 9.48. The highest BCUT2D eigenvalue weighted by molar-refractivity contribution is 5.07. The Bertz CT molecular complexity index is 452. The molecule has 3 nitrogen and oxygen atoms in total. The highest BCUT2D eigenvalue weighted by Crippen LogP contribution is 2.60. The van der Waals surface area contributed by atoms with Gasteiger partial charge in [0.1, 0.15) is 6.10 Å². The van der Waals surface area contributed by atoms with Crippen LogP contribution in [-0.2, 0) is 9.47 Å². The fourth-order valence-electron chi connectivity index (χ4n) is 4.60. The quantitative estimate of drug-likeness (QED) is 0.751. The summed E-state index contributed by atoms with van der Waals surface area (Å²) in [4.78, 5) is 0. The largest absolute Gasteiger partial charge is 0.449 e. The zero-order valence-electron chi connectivity index (χ0n) is 12.2. The van der Waals surface area contributed by atoms with Crippen molar-refractivity contribution in [2.75, 3.05) is 6.79 Å². The van der Waals surface area contributed by atoms with Gasteiger partial charge in [0.05, 0.1) is 0 Å². The minimum absolute atomic E-state index is 0.105. The van der Waals surface area contributed by atoms with Gasteiger partial charge in [-0.1, -0.05) is 13.8 Å². The minimum Gasteiger partial charge on any atom is -0.354 e. The van der Waals surface area contributed by atoms with Gasteiger partial charge in [-0.15, -0.1) is 0 Å². The summed E-state index contributed by atoms with van der Waals surface area (Å²) in [6.07, 6.45) is -6.42. The van der Waals surface area contributed by atoms with Crippen molar-refractivity contribution in [2.24, 2.45) is 29.6 Å². The highest BCUT2D eigenvalue weighted by atomic mass is 19.4. The van der Waals surface area contributed by atoms with Gasteiger partial charge in [0.2, 0.25) is 0 Å². The van der Waals surface area contributed by atoms with Crippen LogP contribution in [-0.4, -0.2) is 35.9 Å². The Morgan fingerprint density at radius 2 is 1.64 bits per heavy atom. The topological polar surface area (TPSA) is 38.7 Å². The van der Waals surface area contributed by atoms with E-state index in [-0.39, 0.29) is 17.8 Å². The number of hydrogen-bond donors (Lipinski definition) is 1. The lowest BCUT2D eigenvalue weighted by Gasteiger charge is -2.48. The van der Waals surface area contributed by atoms with Gasteiger partial charge in [-0.25, -0.2) is 0 Å². The van der Waals surface area contributed by atoms with Crippen LogP contribution in [0.15, 0.2) is 0 Å². The van der Waals surface area contributed by atoms with E-state index in [1.807, 2.05) is 13.8 Å². The highest BCUT2D eigenvalue weighted by Gasteiger charge is 2.77. The van der Waals surface area contributed by atoms with Crippen LogP contribution in [0.2, 0.25) is 0 Å². The van der Waals surface area contributed by atoms with Gasteiger partial charge in [0.25, 0.3) is 0 Å². The second-order valence-electron chi connectivity index (χ2n) is 6.89. The Morgan fingerprint density at radius 3 is 2.14 bits per heavy atom. The summed E-state index contributed by atoms with van der Waals surface area (Å²) in [5.74, 6) is -9.07. The van der Waals surface area contributed by atoms with Gasteiger partial charge < -0.3 is 14.6 Å². The molecule has 128 valence electrons. The van der Waals surface area contributed by atoms with Crippen LogP contribution in [0.3, 0.4) is 0 Å². The first-order valence-corrected chi connectivity index (χ1v) is 7.43. The average Bonchev–Trinajstić information content (AvgIpc) is 2.92. The van der Waals surface area contributed by atoms with Crippen molar-refractivity contribution in [1.82, 2.24) is 0 Å². The Labute approximate surface area is 124 Å². The van der Waals surface area contributed by atoms with Crippen molar-refractivity contribution in [3.8, 4) is 0 Å². The van der Waals surface area contributed by atoms with Crippen molar-refractivity contribution in [1.29, 1.82) is 0 Å². The normalized spacial score (nSPS) is 51.3. The zero-order chi connectivity index (χ0) is 16.5. The molecule has 0 aromatic carbocycles. The molecule has 3 aliphatic rings. The lowest BCUT2D eigenvalue weighted by atomic mass is 9.71. The van der Waals surface area contributed by atoms with Gasteiger partial charge >= 0.3 is 17.9 Å². The van der Waals surface area contributed by atoms with Crippen LogP contribution in [0.5, 0.6) is 0 Å². The minimum atomic E-state index is -5.59. The molecule has 3 fully saturated rings. The van der Waals surface area contributed by atoms with E-state index in [1.165, 1.54) is 0 Å². The van der Waals surface area contributed by atoms with Gasteiger partial charge in [0.15, 0.2) is 6.79 Å². The number of rotatable bonds is 1. The van der Waals surface area contributed by atoms with Gasteiger partial charge in [-0.05, 0) is 42.4 Å². The molecule has 8 heteroatoms. The lowest BCUT2D eigenvalue weighted by molar-refractivity contribution is -0.488. The molecule has 1 aliphatic heterocycles. The molecule has 0 spiro atoms. The second-order valence-corrected chi connectivity index (χ2v) is 6.89. The molecule has 7 unspecified atom stereocenters. The number of fused-ring (bicyclic) bond motifs is 2. The molecule has 1 saturated heterocycles. The van der Waals surface area contributed by atoms with E-state index in [1.54, 1.807) is 0 Å². The van der Waals surface area contributed by atoms with Crippen LogP contribution >= 0.6 is 0 Å². The number of halogens is 5. The van der Waals surface area contributed by atoms with Crippen LogP contribution in [0.25, 0.3) is 0 Å². The molecule has 22 heavy (non-hydrogen) atoms. The maximum Gasteiger partial charge on any atom is 0.449 e. The number of alkyl halides is 5. The molecule has 3 rings (SSSR count). The lowest BCUT2D eigenvalue weighted by Crippen LogP contribution is -2.70. The summed E-state index contributed by atoms with van der Waals surface area (Å²) < 4.78 is 76.3. The van der Waals surface area contributed by atoms with Crippen LogP contribution in [0.1, 0.15) is 26.7 Å². The third-order valence-electron chi connectivity index (χ3n) is 6.05. The number of aliphatic hydroxyl groups is 1. The third kappa shape index (κ3) is 1.96. The average molecular weight is 330 g/mol. The van der Waals surface area contributed by atoms with Gasteiger partial charge in [0, 0.05) is 0 Å². The van der Waals surface area contributed by atoms with Crippen molar-refractivity contribution < 1.29 is 36.5 Å². The summed E-state index contributed by atoms with van der Waals surface area (Å²) in [6.45, 7) is 2.99. The Morgan fingerprint density at radius 1 is 1.05 bits per heavy atom.